The molecule has 0 fully saturated rings. The molecular weight excluding hydrogens is 539 g/mol. The molecule has 41 heavy (non-hydrogen) atoms. The summed E-state index contributed by atoms with van der Waals surface area (Å²) < 4.78 is 21.8. The minimum absolute atomic E-state index is 0.0685. The molecule has 0 aliphatic heterocycles. The number of carbonyl (C=O) groups is 1. The van der Waals surface area contributed by atoms with E-state index in [-0.39, 0.29) is 25.7 Å². The highest BCUT2D eigenvalue weighted by atomic mass is 31.2. The lowest BCUT2D eigenvalue weighted by Crippen LogP contribution is -2.45. The fourth-order valence-electron chi connectivity index (χ4n) is 4.04. The van der Waals surface area contributed by atoms with Crippen LogP contribution < -0.4 is 11.1 Å². The van der Waals surface area contributed by atoms with E-state index in [4.69, 9.17) is 14.8 Å². The monoisotopic (exact) mass is 598 g/mol. The number of unbranched alkanes of at least 4 members (excludes halogenated alkanes) is 11. The largest absolute Gasteiger partial charge is 0.472 e. The second-order valence-electron chi connectivity index (χ2n) is 10.3. The summed E-state index contributed by atoms with van der Waals surface area (Å²) in [6.07, 6.45) is 31.8. The Balaban J connectivity index is 4.48. The van der Waals surface area contributed by atoms with Crippen LogP contribution in [0.2, 0.25) is 0 Å². The molecule has 3 atom stereocenters. The Morgan fingerprint density at radius 3 is 2.02 bits per heavy atom. The molecule has 0 saturated heterocycles. The van der Waals surface area contributed by atoms with Crippen molar-refractivity contribution in [3.8, 4) is 0 Å². The maximum atomic E-state index is 12.6. The quantitative estimate of drug-likeness (QED) is 0.0418. The average Bonchev–Trinajstić information content (AvgIpc) is 2.95. The molecule has 1 amide bonds. The number of phosphoric ester groups is 1. The molecule has 0 aliphatic carbocycles. The molecule has 0 bridgehead atoms. The first kappa shape index (κ1) is 39.5. The predicted octanol–water partition coefficient (Wildman–Crippen LogP) is 7.43. The highest BCUT2D eigenvalue weighted by Crippen LogP contribution is 2.43. The van der Waals surface area contributed by atoms with Crippen LogP contribution in [0.25, 0.3) is 0 Å². The van der Waals surface area contributed by atoms with Gasteiger partial charge in [0.2, 0.25) is 5.91 Å². The Bertz CT molecular complexity index is 784. The zero-order chi connectivity index (χ0) is 30.4. The van der Waals surface area contributed by atoms with Crippen molar-refractivity contribution in [3.05, 3.63) is 48.6 Å². The molecular formula is C32H59N2O6P. The minimum atomic E-state index is -4.33. The normalized spacial score (nSPS) is 15.3. The number of allylic oxidation sites excluding steroid dienone is 7. The fraction of sp³-hybridized carbons (Fsp3) is 0.719. The van der Waals surface area contributed by atoms with Crippen molar-refractivity contribution < 1.29 is 28.4 Å². The van der Waals surface area contributed by atoms with Crippen LogP contribution in [-0.4, -0.2) is 47.8 Å². The Morgan fingerprint density at radius 2 is 1.39 bits per heavy atom. The molecule has 238 valence electrons. The zero-order valence-corrected chi connectivity index (χ0v) is 26.7. The van der Waals surface area contributed by atoms with Crippen molar-refractivity contribution in [1.29, 1.82) is 0 Å². The van der Waals surface area contributed by atoms with Crippen molar-refractivity contribution in [2.75, 3.05) is 19.8 Å². The molecule has 0 aromatic rings. The number of nitrogens with one attached hydrogen (secondary N) is 1. The SMILES string of the molecule is C/C=C/CC/C=C/CC/C=C/C(O)C(COP(=O)(O)OCCN)NC(=O)CCCCCCC/C=C\CCCCCC. The maximum Gasteiger partial charge on any atom is 0.472 e. The van der Waals surface area contributed by atoms with Gasteiger partial charge >= 0.3 is 7.82 Å². The Labute approximate surface area is 250 Å². The van der Waals surface area contributed by atoms with Crippen LogP contribution in [0.1, 0.15) is 117 Å². The molecule has 0 heterocycles. The van der Waals surface area contributed by atoms with Gasteiger partial charge in [-0.1, -0.05) is 94.1 Å². The molecule has 0 saturated carbocycles. The van der Waals surface area contributed by atoms with E-state index in [0.717, 1.165) is 64.2 Å². The summed E-state index contributed by atoms with van der Waals surface area (Å²) in [7, 11) is -4.33. The van der Waals surface area contributed by atoms with Gasteiger partial charge in [-0.15, -0.1) is 0 Å². The van der Waals surface area contributed by atoms with E-state index in [1.807, 2.05) is 19.1 Å². The molecule has 0 aliphatic rings. The molecule has 0 aromatic carbocycles. The molecule has 0 spiro atoms. The van der Waals surface area contributed by atoms with Crippen molar-refractivity contribution in [2.24, 2.45) is 5.73 Å². The maximum absolute atomic E-state index is 12.6. The summed E-state index contributed by atoms with van der Waals surface area (Å²) in [4.78, 5) is 22.4. The van der Waals surface area contributed by atoms with Gasteiger partial charge in [0.1, 0.15) is 0 Å². The molecule has 3 unspecified atom stereocenters. The van der Waals surface area contributed by atoms with Crippen molar-refractivity contribution >= 4 is 13.7 Å². The van der Waals surface area contributed by atoms with Gasteiger partial charge in [0.05, 0.1) is 25.4 Å². The molecule has 8 nitrogen and oxygen atoms in total. The lowest BCUT2D eigenvalue weighted by molar-refractivity contribution is -0.123. The smallest absolute Gasteiger partial charge is 0.387 e. The van der Waals surface area contributed by atoms with Gasteiger partial charge in [0.15, 0.2) is 0 Å². The highest BCUT2D eigenvalue weighted by molar-refractivity contribution is 7.47. The van der Waals surface area contributed by atoms with Crippen molar-refractivity contribution in [3.63, 3.8) is 0 Å². The summed E-state index contributed by atoms with van der Waals surface area (Å²) in [5.74, 6) is -0.225. The average molecular weight is 599 g/mol. The molecule has 5 N–H and O–H groups in total. The van der Waals surface area contributed by atoms with Gasteiger partial charge in [-0.2, -0.15) is 0 Å². The van der Waals surface area contributed by atoms with Gasteiger partial charge in [-0.3, -0.25) is 13.8 Å². The number of hydrogen-bond acceptors (Lipinski definition) is 6. The second kappa shape index (κ2) is 28.6. The number of amides is 1. The lowest BCUT2D eigenvalue weighted by atomic mass is 10.1. The van der Waals surface area contributed by atoms with Gasteiger partial charge < -0.3 is 21.1 Å². The van der Waals surface area contributed by atoms with E-state index in [2.05, 4.69) is 42.6 Å². The first-order valence-corrected chi connectivity index (χ1v) is 17.2. The van der Waals surface area contributed by atoms with Crippen molar-refractivity contribution in [2.45, 2.75) is 129 Å². The van der Waals surface area contributed by atoms with Crippen LogP contribution in [0.15, 0.2) is 48.6 Å². The number of hydrogen-bond donors (Lipinski definition) is 4. The van der Waals surface area contributed by atoms with Gasteiger partial charge in [0, 0.05) is 13.0 Å². The van der Waals surface area contributed by atoms with Crippen LogP contribution >= 0.6 is 7.82 Å². The molecule has 0 radical (unpaired) electrons. The molecule has 0 rings (SSSR count). The predicted molar refractivity (Wildman–Crippen MR) is 171 cm³/mol. The number of phosphoric acid groups is 1. The first-order chi connectivity index (χ1) is 19.9. The summed E-state index contributed by atoms with van der Waals surface area (Å²) >= 11 is 0. The van der Waals surface area contributed by atoms with Crippen LogP contribution in [0.3, 0.4) is 0 Å². The van der Waals surface area contributed by atoms with Gasteiger partial charge in [0.25, 0.3) is 0 Å². The summed E-state index contributed by atoms with van der Waals surface area (Å²) in [6, 6.07) is -0.883. The van der Waals surface area contributed by atoms with Gasteiger partial charge in [-0.25, -0.2) is 4.57 Å². The number of carbonyl (C=O) groups excluding carboxylic acids is 1. The minimum Gasteiger partial charge on any atom is -0.387 e. The number of aliphatic hydroxyl groups excluding tert-OH is 1. The summed E-state index contributed by atoms with van der Waals surface area (Å²) in [5.41, 5.74) is 5.32. The lowest BCUT2D eigenvalue weighted by Gasteiger charge is -2.23. The van der Waals surface area contributed by atoms with E-state index < -0.39 is 20.0 Å². The second-order valence-corrected chi connectivity index (χ2v) is 11.8. The van der Waals surface area contributed by atoms with Gasteiger partial charge in [-0.05, 0) is 64.7 Å². The molecule has 9 heteroatoms. The van der Waals surface area contributed by atoms with E-state index in [9.17, 15) is 19.4 Å². The third-order valence-electron chi connectivity index (χ3n) is 6.45. The van der Waals surface area contributed by atoms with E-state index in [1.165, 1.54) is 32.1 Å². The Morgan fingerprint density at radius 1 is 0.829 bits per heavy atom. The van der Waals surface area contributed by atoms with Crippen LogP contribution in [0.5, 0.6) is 0 Å². The topological polar surface area (TPSA) is 131 Å². The van der Waals surface area contributed by atoms with Crippen LogP contribution in [0, 0.1) is 0 Å². The molecule has 0 aromatic heterocycles. The van der Waals surface area contributed by atoms with E-state index in [0.29, 0.717) is 6.42 Å². The number of aliphatic hydroxyl groups is 1. The Hall–Kier alpha value is -1.54. The zero-order valence-electron chi connectivity index (χ0n) is 25.8. The number of nitrogens with two attached hydrogens (primary N) is 1. The Kier molecular flexibility index (Phi) is 27.5. The third kappa shape index (κ3) is 27.1. The van der Waals surface area contributed by atoms with E-state index >= 15 is 0 Å². The van der Waals surface area contributed by atoms with Crippen molar-refractivity contribution in [1.82, 2.24) is 5.32 Å². The fourth-order valence-corrected chi connectivity index (χ4v) is 4.80. The standard InChI is InChI=1S/C32H59N2O6P/c1-3-5-7-9-11-13-14-15-16-18-20-22-24-26-32(36)34-30(29-40-41(37,38)39-28-27-33)31(35)25-23-21-19-17-12-10-8-6-4-2/h4,6,12-14,17,23,25,30-31,35H,3,5,7-11,15-16,18-22,24,26-29,33H2,1-2H3,(H,34,36)(H,37,38)/b6-4+,14-13-,17-12+,25-23+. The third-order valence-corrected chi connectivity index (χ3v) is 7.43. The van der Waals surface area contributed by atoms with Crippen LogP contribution in [0.4, 0.5) is 0 Å². The number of rotatable bonds is 28. The first-order valence-electron chi connectivity index (χ1n) is 15.7. The summed E-state index contributed by atoms with van der Waals surface area (Å²) in [6.45, 7) is 3.80. The van der Waals surface area contributed by atoms with Crippen LogP contribution in [-0.2, 0) is 18.4 Å². The van der Waals surface area contributed by atoms with E-state index in [1.54, 1.807) is 6.08 Å². The summed E-state index contributed by atoms with van der Waals surface area (Å²) in [5, 5.41) is 13.4. The highest BCUT2D eigenvalue weighted by Gasteiger charge is 2.26.